The van der Waals surface area contributed by atoms with E-state index in [1.807, 2.05) is 20.2 Å². The van der Waals surface area contributed by atoms with Gasteiger partial charge in [0.05, 0.1) is 11.9 Å². The molecule has 0 saturated carbocycles. The summed E-state index contributed by atoms with van der Waals surface area (Å²) in [5.74, 6) is 6.54. The molecule has 7 heteroatoms. The van der Waals surface area contributed by atoms with Crippen LogP contribution in [0.5, 0.6) is 0 Å². The number of rotatable bonds is 5. The first-order valence-electron chi connectivity index (χ1n) is 5.64. The number of aromatic nitrogens is 4. The van der Waals surface area contributed by atoms with Gasteiger partial charge in [-0.1, -0.05) is 0 Å². The van der Waals surface area contributed by atoms with Crippen molar-refractivity contribution in [3.8, 4) is 11.3 Å². The van der Waals surface area contributed by atoms with Gasteiger partial charge in [-0.15, -0.1) is 0 Å². The highest BCUT2D eigenvalue weighted by molar-refractivity contribution is 5.60. The second-order valence-electron chi connectivity index (χ2n) is 3.74. The van der Waals surface area contributed by atoms with Gasteiger partial charge in [0, 0.05) is 31.5 Å². The van der Waals surface area contributed by atoms with Crippen LogP contribution < -0.4 is 11.3 Å². The predicted octanol–water partition coefficient (Wildman–Crippen LogP) is 0.699. The summed E-state index contributed by atoms with van der Waals surface area (Å²) in [6.45, 7) is 2.90. The van der Waals surface area contributed by atoms with Gasteiger partial charge in [0.1, 0.15) is 12.4 Å². The molecule has 0 amide bonds. The molecule has 96 valence electrons. The Hall–Kier alpha value is -1.99. The van der Waals surface area contributed by atoms with Crippen LogP contribution in [0.3, 0.4) is 0 Å². The largest absolute Gasteiger partial charge is 0.374 e. The first kappa shape index (κ1) is 12.5. The Morgan fingerprint density at radius 1 is 1.44 bits per heavy atom. The van der Waals surface area contributed by atoms with Gasteiger partial charge in [0.2, 0.25) is 0 Å². The summed E-state index contributed by atoms with van der Waals surface area (Å²) in [5, 5.41) is 4.11. The lowest BCUT2D eigenvalue weighted by molar-refractivity contribution is 0.128. The molecule has 0 atom stereocenters. The molecule has 2 heterocycles. The molecule has 2 aromatic rings. The van der Waals surface area contributed by atoms with Crippen molar-refractivity contribution in [2.75, 3.05) is 12.0 Å². The number of nitrogens with one attached hydrogen (secondary N) is 1. The van der Waals surface area contributed by atoms with E-state index >= 15 is 0 Å². The molecule has 0 saturated heterocycles. The fourth-order valence-electron chi connectivity index (χ4n) is 1.53. The van der Waals surface area contributed by atoms with E-state index in [1.165, 1.54) is 0 Å². The average molecular weight is 248 g/mol. The van der Waals surface area contributed by atoms with Gasteiger partial charge in [-0.2, -0.15) is 5.10 Å². The lowest BCUT2D eigenvalue weighted by Gasteiger charge is -2.06. The molecular formula is C11H16N6O. The Balaban J connectivity index is 2.34. The molecule has 0 aliphatic rings. The molecule has 0 aliphatic heterocycles. The van der Waals surface area contributed by atoms with Crippen LogP contribution in [-0.4, -0.2) is 26.4 Å². The van der Waals surface area contributed by atoms with Crippen molar-refractivity contribution in [1.29, 1.82) is 0 Å². The molecular weight excluding hydrogens is 232 g/mol. The predicted molar refractivity (Wildman–Crippen MR) is 67.4 cm³/mol. The first-order valence-corrected chi connectivity index (χ1v) is 5.64. The third kappa shape index (κ3) is 2.82. The van der Waals surface area contributed by atoms with Crippen LogP contribution in [0.1, 0.15) is 12.7 Å². The lowest BCUT2D eigenvalue weighted by atomic mass is 10.2. The highest BCUT2D eigenvalue weighted by Gasteiger charge is 2.07. The molecule has 0 spiro atoms. The molecule has 7 nitrogen and oxygen atoms in total. The number of ether oxygens (including phenoxy) is 1. The highest BCUT2D eigenvalue weighted by atomic mass is 16.5. The number of nitrogen functional groups attached to an aromatic ring is 1. The van der Waals surface area contributed by atoms with E-state index in [-0.39, 0.29) is 0 Å². The maximum atomic E-state index is 5.40. The number of hydrogen-bond donors (Lipinski definition) is 2. The van der Waals surface area contributed by atoms with E-state index in [0.717, 1.165) is 11.3 Å². The summed E-state index contributed by atoms with van der Waals surface area (Å²) < 4.78 is 7.02. The van der Waals surface area contributed by atoms with Gasteiger partial charge in [-0.3, -0.25) is 4.68 Å². The fourth-order valence-corrected chi connectivity index (χ4v) is 1.53. The summed E-state index contributed by atoms with van der Waals surface area (Å²) in [5.41, 5.74) is 4.20. The van der Waals surface area contributed by atoms with Gasteiger partial charge < -0.3 is 10.2 Å². The van der Waals surface area contributed by atoms with Crippen molar-refractivity contribution in [2.45, 2.75) is 13.5 Å². The first-order chi connectivity index (χ1) is 8.72. The summed E-state index contributed by atoms with van der Waals surface area (Å²) in [6, 6.07) is 1.77. The minimum Gasteiger partial charge on any atom is -0.374 e. The SMILES string of the molecule is CCOCc1nc(NN)cc(-c2cnn(C)c2)n1. The lowest BCUT2D eigenvalue weighted by Crippen LogP contribution is -2.11. The number of hydrazine groups is 1. The van der Waals surface area contributed by atoms with E-state index in [2.05, 4.69) is 20.5 Å². The van der Waals surface area contributed by atoms with Crippen molar-refractivity contribution in [1.82, 2.24) is 19.7 Å². The molecule has 18 heavy (non-hydrogen) atoms. The van der Waals surface area contributed by atoms with Crippen LogP contribution in [0, 0.1) is 0 Å². The van der Waals surface area contributed by atoms with E-state index in [4.69, 9.17) is 10.6 Å². The Morgan fingerprint density at radius 2 is 2.28 bits per heavy atom. The Bertz CT molecular complexity index is 524. The molecule has 0 bridgehead atoms. The normalized spacial score (nSPS) is 10.6. The smallest absolute Gasteiger partial charge is 0.157 e. The number of nitrogens with zero attached hydrogens (tertiary/aromatic N) is 4. The summed E-state index contributed by atoms with van der Waals surface area (Å²) in [4.78, 5) is 8.64. The Kier molecular flexibility index (Phi) is 3.85. The molecule has 0 aromatic carbocycles. The van der Waals surface area contributed by atoms with Gasteiger partial charge >= 0.3 is 0 Å². The fraction of sp³-hybridized carbons (Fsp3) is 0.364. The van der Waals surface area contributed by atoms with Gasteiger partial charge in [-0.25, -0.2) is 15.8 Å². The van der Waals surface area contributed by atoms with Crippen LogP contribution in [-0.2, 0) is 18.4 Å². The highest BCUT2D eigenvalue weighted by Crippen LogP contribution is 2.18. The Morgan fingerprint density at radius 3 is 2.89 bits per heavy atom. The zero-order valence-corrected chi connectivity index (χ0v) is 10.4. The number of nitrogens with two attached hydrogens (primary N) is 1. The standard InChI is InChI=1S/C11H16N6O/c1-3-18-7-11-14-9(4-10(15-11)16-12)8-5-13-17(2)6-8/h4-6H,3,7,12H2,1-2H3,(H,14,15,16). The monoisotopic (exact) mass is 248 g/mol. The molecule has 2 aromatic heterocycles. The zero-order chi connectivity index (χ0) is 13.0. The third-order valence-corrected chi connectivity index (χ3v) is 2.36. The second-order valence-corrected chi connectivity index (χ2v) is 3.74. The molecule has 0 aliphatic carbocycles. The average Bonchev–Trinajstić information content (AvgIpc) is 2.82. The quantitative estimate of drug-likeness (QED) is 0.598. The molecule has 0 radical (unpaired) electrons. The summed E-state index contributed by atoms with van der Waals surface area (Å²) in [6.07, 6.45) is 3.63. The van der Waals surface area contributed by atoms with Gasteiger partial charge in [0.25, 0.3) is 0 Å². The third-order valence-electron chi connectivity index (χ3n) is 2.36. The van der Waals surface area contributed by atoms with Crippen molar-refractivity contribution in [2.24, 2.45) is 12.9 Å². The van der Waals surface area contributed by atoms with Gasteiger partial charge in [-0.05, 0) is 6.92 Å². The zero-order valence-electron chi connectivity index (χ0n) is 10.4. The van der Waals surface area contributed by atoms with E-state index in [1.54, 1.807) is 16.9 Å². The van der Waals surface area contributed by atoms with Crippen LogP contribution in [0.15, 0.2) is 18.5 Å². The molecule has 0 fully saturated rings. The van der Waals surface area contributed by atoms with Crippen molar-refractivity contribution in [3.63, 3.8) is 0 Å². The van der Waals surface area contributed by atoms with Crippen molar-refractivity contribution in [3.05, 3.63) is 24.3 Å². The Labute approximate surface area is 105 Å². The molecule has 2 rings (SSSR count). The van der Waals surface area contributed by atoms with Crippen LogP contribution in [0.2, 0.25) is 0 Å². The maximum Gasteiger partial charge on any atom is 0.157 e. The topological polar surface area (TPSA) is 90.9 Å². The second kappa shape index (κ2) is 5.56. The van der Waals surface area contributed by atoms with E-state index in [0.29, 0.717) is 24.9 Å². The maximum absolute atomic E-state index is 5.40. The minimum atomic E-state index is 0.360. The van der Waals surface area contributed by atoms with E-state index in [9.17, 15) is 0 Å². The van der Waals surface area contributed by atoms with Gasteiger partial charge in [0.15, 0.2) is 5.82 Å². The van der Waals surface area contributed by atoms with Crippen molar-refractivity contribution >= 4 is 5.82 Å². The van der Waals surface area contributed by atoms with Crippen LogP contribution in [0.25, 0.3) is 11.3 Å². The van der Waals surface area contributed by atoms with Crippen molar-refractivity contribution < 1.29 is 4.74 Å². The number of anilines is 1. The summed E-state index contributed by atoms with van der Waals surface area (Å²) in [7, 11) is 1.86. The van der Waals surface area contributed by atoms with Crippen LogP contribution >= 0.6 is 0 Å². The number of hydrogen-bond acceptors (Lipinski definition) is 6. The molecule has 3 N–H and O–H groups in total. The van der Waals surface area contributed by atoms with Crippen LogP contribution in [0.4, 0.5) is 5.82 Å². The molecule has 0 unspecified atom stereocenters. The number of aryl methyl sites for hydroxylation is 1. The summed E-state index contributed by atoms with van der Waals surface area (Å²) >= 11 is 0. The van der Waals surface area contributed by atoms with E-state index < -0.39 is 0 Å². The minimum absolute atomic E-state index is 0.360.